The van der Waals surface area contributed by atoms with Crippen LogP contribution in [0.15, 0.2) is 121 Å². The van der Waals surface area contributed by atoms with Gasteiger partial charge in [-0.05, 0) is 86.9 Å². The molecule has 0 aromatic heterocycles. The Morgan fingerprint density at radius 1 is 0.537 bits per heavy atom. The van der Waals surface area contributed by atoms with Gasteiger partial charge in [0.1, 0.15) is 5.69 Å². The van der Waals surface area contributed by atoms with E-state index in [1.54, 1.807) is 24.3 Å². The van der Waals surface area contributed by atoms with Crippen molar-refractivity contribution in [2.45, 2.75) is 89.3 Å². The number of rotatable bonds is 5. The predicted molar refractivity (Wildman–Crippen MR) is 212 cm³/mol. The van der Waals surface area contributed by atoms with Crippen molar-refractivity contribution < 1.29 is 22.8 Å². The lowest BCUT2D eigenvalue weighted by molar-refractivity contribution is -0.137. The van der Waals surface area contributed by atoms with Crippen LogP contribution in [0.1, 0.15) is 88.6 Å². The van der Waals surface area contributed by atoms with Crippen LogP contribution in [0.5, 0.6) is 0 Å². The average molecular weight is 780 g/mol. The molecule has 0 amide bonds. The Bertz CT molecular complexity index is 2060. The Balaban J connectivity index is 1.68. The first-order valence-electron chi connectivity index (χ1n) is 17.5. The molecule has 0 fully saturated rings. The van der Waals surface area contributed by atoms with Crippen LogP contribution in [0.3, 0.4) is 0 Å². The topological polar surface area (TPSA) is 83.6 Å². The molecule has 0 atom stereocenters. The Hall–Kier alpha value is -4.21. The second-order valence-corrected chi connectivity index (χ2v) is 18.4. The van der Waals surface area contributed by atoms with Crippen LogP contribution in [0.2, 0.25) is 10.0 Å². The molecule has 0 saturated heterocycles. The quantitative estimate of drug-likeness (QED) is 0.283. The maximum atomic E-state index is 14.5. The highest BCUT2D eigenvalue weighted by Gasteiger charge is 2.36. The van der Waals surface area contributed by atoms with Gasteiger partial charge in [-0.15, -0.1) is 5.11 Å². The third kappa shape index (κ3) is 9.90. The SMILES string of the molecule is CC(C)(C)C1=CC(=C/N=N/c2ccc(-c3cc(Cl)c(/N=N/C=C4C=C(C(C)(C)C)C(=O)C(C(C)(C)C)=C4)cc3Cl)c(C(F)(F)F)c2)C=C(C(C)(C)C)C1=O. The van der Waals surface area contributed by atoms with Gasteiger partial charge in [-0.2, -0.15) is 28.5 Å². The first-order valence-corrected chi connectivity index (χ1v) is 18.3. The van der Waals surface area contributed by atoms with E-state index in [4.69, 9.17) is 23.2 Å². The van der Waals surface area contributed by atoms with Crippen molar-refractivity contribution in [1.29, 1.82) is 0 Å². The zero-order valence-electron chi connectivity index (χ0n) is 32.8. The summed E-state index contributed by atoms with van der Waals surface area (Å²) in [4.78, 5) is 26.5. The van der Waals surface area contributed by atoms with E-state index in [0.29, 0.717) is 33.4 Å². The summed E-state index contributed by atoms with van der Waals surface area (Å²) in [5.74, 6) is -0.0576. The normalized spacial score (nSPS) is 16.5. The van der Waals surface area contributed by atoms with Gasteiger partial charge in [-0.25, -0.2) is 0 Å². The zero-order chi connectivity index (χ0) is 40.8. The molecular formula is C43H47Cl2F3N4O2. The van der Waals surface area contributed by atoms with Crippen molar-refractivity contribution in [1.82, 2.24) is 0 Å². The third-order valence-electron chi connectivity index (χ3n) is 8.84. The number of alkyl halides is 3. The van der Waals surface area contributed by atoms with Crippen molar-refractivity contribution in [3.63, 3.8) is 0 Å². The van der Waals surface area contributed by atoms with Crippen LogP contribution in [0.4, 0.5) is 24.5 Å². The van der Waals surface area contributed by atoms with Gasteiger partial charge >= 0.3 is 6.18 Å². The highest BCUT2D eigenvalue weighted by Crippen LogP contribution is 2.45. The molecule has 2 aliphatic carbocycles. The molecule has 0 N–H and O–H groups in total. The zero-order valence-corrected chi connectivity index (χ0v) is 34.4. The van der Waals surface area contributed by atoms with Crippen molar-refractivity contribution in [3.05, 3.63) is 116 Å². The van der Waals surface area contributed by atoms with Crippen LogP contribution in [0, 0.1) is 21.7 Å². The minimum Gasteiger partial charge on any atom is -0.289 e. The number of ketones is 2. The largest absolute Gasteiger partial charge is 0.417 e. The van der Waals surface area contributed by atoms with Crippen molar-refractivity contribution in [2.75, 3.05) is 0 Å². The predicted octanol–water partition coefficient (Wildman–Crippen LogP) is 14.7. The number of azo groups is 2. The molecule has 0 saturated carbocycles. The van der Waals surface area contributed by atoms with E-state index in [1.807, 2.05) is 83.1 Å². The lowest BCUT2D eigenvalue weighted by atomic mass is 9.72. The Morgan fingerprint density at radius 2 is 0.944 bits per heavy atom. The summed E-state index contributed by atoms with van der Waals surface area (Å²) in [6.07, 6.45) is 5.21. The smallest absolute Gasteiger partial charge is 0.289 e. The van der Waals surface area contributed by atoms with Gasteiger partial charge in [0.25, 0.3) is 0 Å². The van der Waals surface area contributed by atoms with Gasteiger partial charge in [-0.1, -0.05) is 112 Å². The molecule has 0 bridgehead atoms. The van der Waals surface area contributed by atoms with E-state index >= 15 is 0 Å². The number of Topliss-reactive ketones (excluding diaryl/α,β-unsaturated/α-hetero) is 2. The molecule has 6 nitrogen and oxygen atoms in total. The first kappa shape index (κ1) is 42.5. The van der Waals surface area contributed by atoms with Crippen LogP contribution in [-0.4, -0.2) is 11.6 Å². The second kappa shape index (κ2) is 15.1. The third-order valence-corrected chi connectivity index (χ3v) is 9.46. The molecule has 2 aromatic carbocycles. The fourth-order valence-corrected chi connectivity index (χ4v) is 6.34. The van der Waals surface area contributed by atoms with E-state index in [2.05, 4.69) is 20.5 Å². The summed E-state index contributed by atoms with van der Waals surface area (Å²) in [6.45, 7) is 23.5. The molecule has 2 aliphatic rings. The summed E-state index contributed by atoms with van der Waals surface area (Å²) < 4.78 is 43.4. The molecule has 0 spiro atoms. The second-order valence-electron chi connectivity index (χ2n) is 17.6. The molecule has 11 heteroatoms. The number of nitrogens with zero attached hydrogens (tertiary/aromatic N) is 4. The van der Waals surface area contributed by atoms with E-state index in [1.165, 1.54) is 36.7 Å². The van der Waals surface area contributed by atoms with Crippen molar-refractivity contribution in [2.24, 2.45) is 42.1 Å². The Labute approximate surface area is 326 Å². The van der Waals surface area contributed by atoms with Gasteiger partial charge in [-0.3, -0.25) is 9.59 Å². The highest BCUT2D eigenvalue weighted by molar-refractivity contribution is 6.37. The minimum atomic E-state index is -4.77. The molecule has 4 rings (SSSR count). The summed E-state index contributed by atoms with van der Waals surface area (Å²) >= 11 is 13.1. The van der Waals surface area contributed by atoms with Crippen LogP contribution in [-0.2, 0) is 15.8 Å². The fraction of sp³-hybridized carbons (Fsp3) is 0.395. The summed E-state index contributed by atoms with van der Waals surface area (Å²) in [5.41, 5.74) is 1.10. The summed E-state index contributed by atoms with van der Waals surface area (Å²) in [7, 11) is 0. The number of hydrogen-bond donors (Lipinski definition) is 0. The highest BCUT2D eigenvalue weighted by atomic mass is 35.5. The van der Waals surface area contributed by atoms with Crippen molar-refractivity contribution >= 4 is 46.1 Å². The lowest BCUT2D eigenvalue weighted by Gasteiger charge is -2.31. The minimum absolute atomic E-state index is 0.0152. The fourth-order valence-electron chi connectivity index (χ4n) is 5.88. The molecule has 286 valence electrons. The standard InChI is InChI=1S/C43H47Cl2F3N4O2/c1-39(2,3)30-15-24(16-31(37(30)53)40(4,5)6)22-49-51-26-13-14-27(29(19-26)43(46,47)48)28-20-35(45)36(21-34(28)44)52-50-23-25-17-32(41(7,8)9)38(54)33(18-25)42(10,11)12/h13-23H,1-12H3/b51-49+,52-50+. The van der Waals surface area contributed by atoms with E-state index in [0.717, 1.165) is 6.07 Å². The number of hydrogen-bond acceptors (Lipinski definition) is 6. The summed E-state index contributed by atoms with van der Waals surface area (Å²) in [5, 5.41) is 16.5. The Kier molecular flexibility index (Phi) is 11.9. The van der Waals surface area contributed by atoms with Gasteiger partial charge in [0.05, 0.1) is 33.7 Å². The van der Waals surface area contributed by atoms with Gasteiger partial charge in [0.15, 0.2) is 11.6 Å². The van der Waals surface area contributed by atoms with Crippen LogP contribution in [0.25, 0.3) is 11.1 Å². The molecule has 0 unspecified atom stereocenters. The molecule has 0 aliphatic heterocycles. The number of allylic oxidation sites excluding steroid dienone is 10. The molecule has 0 radical (unpaired) electrons. The average Bonchev–Trinajstić information content (AvgIpc) is 3.01. The lowest BCUT2D eigenvalue weighted by Crippen LogP contribution is -2.27. The molecular weight excluding hydrogens is 732 g/mol. The number of carbonyl (C=O) groups excluding carboxylic acids is 2. The van der Waals surface area contributed by atoms with Gasteiger partial charge in [0.2, 0.25) is 0 Å². The van der Waals surface area contributed by atoms with Crippen molar-refractivity contribution in [3.8, 4) is 11.1 Å². The molecule has 0 heterocycles. The number of halogens is 5. The number of carbonyl (C=O) groups is 2. The number of benzene rings is 2. The van der Waals surface area contributed by atoms with Gasteiger partial charge < -0.3 is 0 Å². The summed E-state index contributed by atoms with van der Waals surface area (Å²) in [6, 6.07) is 6.24. The Morgan fingerprint density at radius 3 is 1.33 bits per heavy atom. The van der Waals surface area contributed by atoms with E-state index < -0.39 is 33.4 Å². The van der Waals surface area contributed by atoms with Gasteiger partial charge in [0, 0.05) is 27.9 Å². The van der Waals surface area contributed by atoms with Crippen LogP contribution >= 0.6 is 23.2 Å². The van der Waals surface area contributed by atoms with Crippen LogP contribution < -0.4 is 0 Å². The molecule has 54 heavy (non-hydrogen) atoms. The van der Waals surface area contributed by atoms with E-state index in [9.17, 15) is 22.8 Å². The van der Waals surface area contributed by atoms with E-state index in [-0.39, 0.29) is 44.1 Å². The maximum Gasteiger partial charge on any atom is 0.417 e. The molecule has 2 aromatic rings. The monoisotopic (exact) mass is 778 g/mol. The maximum absolute atomic E-state index is 14.5. The first-order chi connectivity index (χ1) is 24.6.